The van der Waals surface area contributed by atoms with Crippen LogP contribution in [0, 0.1) is 12.8 Å². The van der Waals surface area contributed by atoms with Gasteiger partial charge in [0.05, 0.1) is 13.2 Å². The number of hydrogen-bond donors (Lipinski definition) is 0. The first-order chi connectivity index (χ1) is 7.59. The summed E-state index contributed by atoms with van der Waals surface area (Å²) in [6, 6.07) is 0. The van der Waals surface area contributed by atoms with Gasteiger partial charge in [0.2, 0.25) is 5.88 Å². The lowest BCUT2D eigenvalue weighted by Crippen LogP contribution is -2.23. The van der Waals surface area contributed by atoms with Crippen molar-refractivity contribution in [2.45, 2.75) is 40.7 Å². The smallest absolute Gasteiger partial charge is 0.282 e. The number of alkyl halides is 2. The summed E-state index contributed by atoms with van der Waals surface area (Å²) in [7, 11) is 0. The van der Waals surface area contributed by atoms with Crippen molar-refractivity contribution >= 4 is 0 Å². The van der Waals surface area contributed by atoms with Gasteiger partial charge in [-0.3, -0.25) is 0 Å². The average Bonchev–Trinajstić information content (AvgIpc) is 2.58. The molecule has 1 aromatic heterocycles. The van der Waals surface area contributed by atoms with E-state index in [1.807, 2.05) is 20.8 Å². The summed E-state index contributed by atoms with van der Waals surface area (Å²) in [5, 5.41) is 3.84. The van der Waals surface area contributed by atoms with Gasteiger partial charge in [-0.25, -0.2) is 13.5 Å². The maximum atomic E-state index is 12.5. The minimum Gasteiger partial charge on any atom is -0.477 e. The second kappa shape index (κ2) is 5.27. The number of nitrogens with zero attached hydrogens (tertiary/aromatic N) is 2. The molecule has 16 heavy (non-hydrogen) atoms. The van der Waals surface area contributed by atoms with Gasteiger partial charge in [0.15, 0.2) is 0 Å². The van der Waals surface area contributed by atoms with Gasteiger partial charge < -0.3 is 4.74 Å². The molecule has 0 radical (unpaired) electrons. The van der Waals surface area contributed by atoms with Crippen molar-refractivity contribution in [1.82, 2.24) is 9.78 Å². The second-order valence-electron chi connectivity index (χ2n) is 3.71. The van der Waals surface area contributed by atoms with Gasteiger partial charge in [0.1, 0.15) is 5.69 Å². The first-order valence-electron chi connectivity index (χ1n) is 5.58. The third-order valence-electron chi connectivity index (χ3n) is 2.36. The van der Waals surface area contributed by atoms with E-state index in [0.717, 1.165) is 0 Å². The third kappa shape index (κ3) is 2.33. The van der Waals surface area contributed by atoms with Crippen LogP contribution in [0.1, 0.15) is 38.5 Å². The number of halogens is 2. The molecule has 0 saturated carbocycles. The highest BCUT2D eigenvalue weighted by Gasteiger charge is 2.26. The minimum absolute atomic E-state index is 0.158. The molecule has 0 amide bonds. The largest absolute Gasteiger partial charge is 0.477 e. The van der Waals surface area contributed by atoms with E-state index in [1.54, 1.807) is 6.92 Å². The van der Waals surface area contributed by atoms with Crippen molar-refractivity contribution in [3.63, 3.8) is 0 Å². The molecule has 2 heterocycles. The zero-order chi connectivity index (χ0) is 12.3. The van der Waals surface area contributed by atoms with Crippen LogP contribution in [0.15, 0.2) is 0 Å². The van der Waals surface area contributed by atoms with Crippen LogP contribution < -0.4 is 4.74 Å². The van der Waals surface area contributed by atoms with Crippen LogP contribution in [0.3, 0.4) is 0 Å². The number of fused-ring (bicyclic) bond motifs is 1. The van der Waals surface area contributed by atoms with Crippen molar-refractivity contribution in [1.29, 1.82) is 0 Å². The second-order valence-corrected chi connectivity index (χ2v) is 3.71. The van der Waals surface area contributed by atoms with E-state index in [0.29, 0.717) is 30.5 Å². The molecule has 0 N–H and O–H groups in total. The van der Waals surface area contributed by atoms with Crippen LogP contribution in [0.4, 0.5) is 8.78 Å². The summed E-state index contributed by atoms with van der Waals surface area (Å²) >= 11 is 0. The topological polar surface area (TPSA) is 27.1 Å². The van der Waals surface area contributed by atoms with E-state index in [2.05, 4.69) is 5.10 Å². The number of aromatic nitrogens is 2. The van der Waals surface area contributed by atoms with E-state index < -0.39 is 6.43 Å². The minimum atomic E-state index is -2.52. The van der Waals surface area contributed by atoms with Crippen molar-refractivity contribution in [3.05, 3.63) is 11.3 Å². The summed E-state index contributed by atoms with van der Waals surface area (Å²) in [5.41, 5.74) is 0.306. The van der Waals surface area contributed by atoms with Gasteiger partial charge >= 0.3 is 0 Å². The first kappa shape index (κ1) is 12.9. The molecule has 5 heteroatoms. The fraction of sp³-hybridized carbons (Fsp3) is 0.727. The molecule has 0 aromatic carbocycles. The van der Waals surface area contributed by atoms with Crippen LogP contribution in [0.2, 0.25) is 0 Å². The van der Waals surface area contributed by atoms with Crippen molar-refractivity contribution in [2.75, 3.05) is 6.61 Å². The molecular weight excluding hydrogens is 214 g/mol. The molecule has 0 bridgehead atoms. The van der Waals surface area contributed by atoms with Crippen molar-refractivity contribution in [3.8, 4) is 5.88 Å². The molecule has 0 saturated heterocycles. The standard InChI is InChI=1S/C9H12F2N2O.C2H6/c1-5-3-13-9(14-4-5)6(2)7(12-13)8(10)11;1-2/h5,8H,3-4H2,1-2H3;1-2H3. The Morgan fingerprint density at radius 3 is 2.62 bits per heavy atom. The Morgan fingerprint density at radius 1 is 1.44 bits per heavy atom. The molecule has 2 rings (SSSR count). The lowest BCUT2D eigenvalue weighted by Gasteiger charge is -2.20. The van der Waals surface area contributed by atoms with E-state index >= 15 is 0 Å². The van der Waals surface area contributed by atoms with Crippen LogP contribution in [-0.4, -0.2) is 16.4 Å². The van der Waals surface area contributed by atoms with E-state index in [9.17, 15) is 8.78 Å². The maximum absolute atomic E-state index is 12.5. The molecule has 1 unspecified atom stereocenters. The highest BCUT2D eigenvalue weighted by Crippen LogP contribution is 2.31. The monoisotopic (exact) mass is 232 g/mol. The van der Waals surface area contributed by atoms with Crippen LogP contribution >= 0.6 is 0 Å². The fourth-order valence-electron chi connectivity index (χ4n) is 1.64. The summed E-state index contributed by atoms with van der Waals surface area (Å²) in [4.78, 5) is 0. The Hall–Kier alpha value is -1.13. The quantitative estimate of drug-likeness (QED) is 0.743. The summed E-state index contributed by atoms with van der Waals surface area (Å²) in [6.07, 6.45) is -2.52. The molecular formula is C11H18F2N2O. The van der Waals surface area contributed by atoms with Crippen LogP contribution in [0.25, 0.3) is 0 Å². The van der Waals surface area contributed by atoms with Gasteiger partial charge in [0, 0.05) is 11.5 Å². The van der Waals surface area contributed by atoms with Gasteiger partial charge in [-0.1, -0.05) is 20.8 Å². The maximum Gasteiger partial charge on any atom is 0.282 e. The zero-order valence-electron chi connectivity index (χ0n) is 10.1. The van der Waals surface area contributed by atoms with E-state index in [-0.39, 0.29) is 5.69 Å². The van der Waals surface area contributed by atoms with Gasteiger partial charge in [0.25, 0.3) is 6.43 Å². The van der Waals surface area contributed by atoms with Crippen molar-refractivity contribution < 1.29 is 13.5 Å². The average molecular weight is 232 g/mol. The fourth-order valence-corrected chi connectivity index (χ4v) is 1.64. The van der Waals surface area contributed by atoms with E-state index in [1.165, 1.54) is 4.68 Å². The van der Waals surface area contributed by atoms with E-state index in [4.69, 9.17) is 4.74 Å². The van der Waals surface area contributed by atoms with Gasteiger partial charge in [-0.15, -0.1) is 0 Å². The number of rotatable bonds is 1. The Morgan fingerprint density at radius 2 is 2.06 bits per heavy atom. The van der Waals surface area contributed by atoms with Gasteiger partial charge in [-0.2, -0.15) is 5.10 Å². The van der Waals surface area contributed by atoms with Crippen LogP contribution in [0.5, 0.6) is 5.88 Å². The number of hydrogen-bond acceptors (Lipinski definition) is 2. The summed E-state index contributed by atoms with van der Waals surface area (Å²) in [6.45, 7) is 8.86. The predicted octanol–water partition coefficient (Wildman–Crippen LogP) is 3.18. The molecule has 0 spiro atoms. The first-order valence-corrected chi connectivity index (χ1v) is 5.58. The Kier molecular flexibility index (Phi) is 4.26. The Balaban J connectivity index is 0.000000606. The van der Waals surface area contributed by atoms with Crippen molar-refractivity contribution in [2.24, 2.45) is 5.92 Å². The zero-order valence-corrected chi connectivity index (χ0v) is 10.1. The lowest BCUT2D eigenvalue weighted by molar-refractivity contribution is 0.143. The third-order valence-corrected chi connectivity index (χ3v) is 2.36. The Labute approximate surface area is 94.4 Å². The highest BCUT2D eigenvalue weighted by atomic mass is 19.3. The molecule has 1 aliphatic heterocycles. The van der Waals surface area contributed by atoms with Gasteiger partial charge in [-0.05, 0) is 6.92 Å². The SMILES string of the molecule is CC.Cc1c(C(F)F)nn2c1OCC(C)C2. The van der Waals surface area contributed by atoms with Crippen LogP contribution in [-0.2, 0) is 6.54 Å². The summed E-state index contributed by atoms with van der Waals surface area (Å²) in [5.74, 6) is 0.825. The molecule has 0 aliphatic carbocycles. The summed E-state index contributed by atoms with van der Waals surface area (Å²) < 4.78 is 31.9. The Bertz CT molecular complexity index is 350. The normalized spacial score (nSPS) is 18.6. The molecule has 92 valence electrons. The highest BCUT2D eigenvalue weighted by molar-refractivity contribution is 5.31. The molecule has 1 atom stereocenters. The molecule has 3 nitrogen and oxygen atoms in total. The molecule has 1 aliphatic rings. The lowest BCUT2D eigenvalue weighted by atomic mass is 10.2. The predicted molar refractivity (Wildman–Crippen MR) is 57.9 cm³/mol. The molecule has 1 aromatic rings. The molecule has 0 fully saturated rings. The number of ether oxygens (including phenoxy) is 1.